The van der Waals surface area contributed by atoms with E-state index in [-0.39, 0.29) is 36.4 Å². The van der Waals surface area contributed by atoms with Gasteiger partial charge in [-0.15, -0.1) is 0 Å². The lowest BCUT2D eigenvalue weighted by molar-refractivity contribution is -0.0586. The van der Waals surface area contributed by atoms with Crippen molar-refractivity contribution >= 4 is 23.3 Å². The molecule has 1 aromatic heterocycles. The van der Waals surface area contributed by atoms with Gasteiger partial charge >= 0.3 is 0 Å². The average molecular weight is 463 g/mol. The van der Waals surface area contributed by atoms with Gasteiger partial charge < -0.3 is 20.3 Å². The second kappa shape index (κ2) is 10.4. The highest BCUT2D eigenvalue weighted by Gasteiger charge is 2.26. The van der Waals surface area contributed by atoms with Gasteiger partial charge in [0.05, 0.1) is 17.8 Å². The van der Waals surface area contributed by atoms with Crippen molar-refractivity contribution in [2.24, 2.45) is 0 Å². The number of nitrogens with one attached hydrogen (secondary N) is 2. The van der Waals surface area contributed by atoms with E-state index < -0.39 is 0 Å². The molecule has 8 heteroatoms. The summed E-state index contributed by atoms with van der Waals surface area (Å²) < 4.78 is 19.2. The minimum absolute atomic E-state index is 0.00922. The van der Waals surface area contributed by atoms with Gasteiger partial charge in [-0.1, -0.05) is 18.2 Å². The maximum Gasteiger partial charge on any atom is 0.255 e. The van der Waals surface area contributed by atoms with Gasteiger partial charge in [0.1, 0.15) is 11.6 Å². The summed E-state index contributed by atoms with van der Waals surface area (Å²) in [6, 6.07) is 16.5. The summed E-state index contributed by atoms with van der Waals surface area (Å²) in [6.07, 6.45) is 1.58. The number of benzene rings is 2. The third kappa shape index (κ3) is 5.77. The van der Waals surface area contributed by atoms with E-state index in [1.165, 1.54) is 12.1 Å². The molecule has 7 nitrogen and oxygen atoms in total. The number of amides is 2. The average Bonchev–Trinajstić information content (AvgIpc) is 2.82. The molecule has 0 bridgehead atoms. The number of carbonyl (C=O) groups excluding carboxylic acids is 2. The molecule has 1 aliphatic rings. The van der Waals surface area contributed by atoms with E-state index in [0.717, 1.165) is 5.56 Å². The fourth-order valence-electron chi connectivity index (χ4n) is 3.96. The van der Waals surface area contributed by atoms with E-state index >= 15 is 0 Å². The normalized spacial score (nSPS) is 17.8. The monoisotopic (exact) mass is 462 g/mol. The van der Waals surface area contributed by atoms with Crippen LogP contribution in [-0.2, 0) is 11.3 Å². The molecule has 2 unspecified atom stereocenters. The molecule has 176 valence electrons. The van der Waals surface area contributed by atoms with Gasteiger partial charge in [0, 0.05) is 37.1 Å². The predicted octanol–water partition coefficient (Wildman–Crippen LogP) is 4.14. The third-order valence-corrected chi connectivity index (χ3v) is 5.50. The van der Waals surface area contributed by atoms with Gasteiger partial charge in [0.15, 0.2) is 0 Å². The summed E-state index contributed by atoms with van der Waals surface area (Å²) in [5.74, 6) is -0.392. The zero-order valence-corrected chi connectivity index (χ0v) is 19.1. The third-order valence-electron chi connectivity index (χ3n) is 5.50. The van der Waals surface area contributed by atoms with Crippen LogP contribution in [0.3, 0.4) is 0 Å². The quantitative estimate of drug-likeness (QED) is 0.575. The van der Waals surface area contributed by atoms with Crippen LogP contribution < -0.4 is 10.6 Å². The Morgan fingerprint density at radius 1 is 1.06 bits per heavy atom. The second-order valence-corrected chi connectivity index (χ2v) is 8.38. The summed E-state index contributed by atoms with van der Waals surface area (Å²) >= 11 is 0. The Kier molecular flexibility index (Phi) is 7.18. The van der Waals surface area contributed by atoms with E-state index in [2.05, 4.69) is 15.6 Å². The molecule has 1 fully saturated rings. The number of rotatable bonds is 6. The van der Waals surface area contributed by atoms with Gasteiger partial charge in [0.25, 0.3) is 11.8 Å². The molecule has 2 atom stereocenters. The second-order valence-electron chi connectivity index (χ2n) is 8.38. The van der Waals surface area contributed by atoms with Gasteiger partial charge in [0.2, 0.25) is 0 Å². The fourth-order valence-corrected chi connectivity index (χ4v) is 3.96. The van der Waals surface area contributed by atoms with E-state index in [0.29, 0.717) is 35.7 Å². The molecule has 2 N–H and O–H groups in total. The van der Waals surface area contributed by atoms with Crippen molar-refractivity contribution in [2.45, 2.75) is 32.6 Å². The van der Waals surface area contributed by atoms with Crippen LogP contribution in [0, 0.1) is 5.82 Å². The molecule has 2 heterocycles. The van der Waals surface area contributed by atoms with Gasteiger partial charge in [-0.25, -0.2) is 9.37 Å². The topological polar surface area (TPSA) is 83.6 Å². The number of nitrogens with zero attached hydrogens (tertiary/aromatic N) is 2. The molecule has 0 radical (unpaired) electrons. The standard InChI is InChI=1S/C26H27FN4O3/c1-17-15-31(16-18(2)34-17)26(33)20-10-8-19(9-11-20)14-29-25(32)23-7-4-12-28-24(23)30-22-6-3-5-21(27)13-22/h3-13,17-18H,14-16H2,1-2H3,(H,28,30)(H,29,32). The molecule has 1 aliphatic heterocycles. The molecular weight excluding hydrogens is 435 g/mol. The minimum Gasteiger partial charge on any atom is -0.372 e. The SMILES string of the molecule is CC1CN(C(=O)c2ccc(CNC(=O)c3cccnc3Nc3cccc(F)c3)cc2)CC(C)O1. The lowest BCUT2D eigenvalue weighted by Gasteiger charge is -2.35. The lowest BCUT2D eigenvalue weighted by atomic mass is 10.1. The molecule has 2 amide bonds. The first-order valence-corrected chi connectivity index (χ1v) is 11.2. The van der Waals surface area contributed by atoms with Gasteiger partial charge in [-0.2, -0.15) is 0 Å². The molecule has 0 saturated carbocycles. The lowest BCUT2D eigenvalue weighted by Crippen LogP contribution is -2.48. The van der Waals surface area contributed by atoms with Crippen molar-refractivity contribution in [1.82, 2.24) is 15.2 Å². The zero-order chi connectivity index (χ0) is 24.1. The smallest absolute Gasteiger partial charge is 0.255 e. The Balaban J connectivity index is 1.38. The van der Waals surface area contributed by atoms with Crippen LogP contribution in [0.5, 0.6) is 0 Å². The summed E-state index contributed by atoms with van der Waals surface area (Å²) in [7, 11) is 0. The summed E-state index contributed by atoms with van der Waals surface area (Å²) in [5.41, 5.74) is 2.30. The number of aromatic nitrogens is 1. The number of hydrogen-bond acceptors (Lipinski definition) is 5. The Hall–Kier alpha value is -3.78. The van der Waals surface area contributed by atoms with Crippen molar-refractivity contribution in [3.8, 4) is 0 Å². The summed E-state index contributed by atoms with van der Waals surface area (Å²) in [4.78, 5) is 31.7. The van der Waals surface area contributed by atoms with E-state index in [9.17, 15) is 14.0 Å². The highest BCUT2D eigenvalue weighted by atomic mass is 19.1. The molecule has 0 aliphatic carbocycles. The fraction of sp³-hybridized carbons (Fsp3) is 0.269. The van der Waals surface area contributed by atoms with Crippen molar-refractivity contribution in [3.05, 3.63) is 89.4 Å². The van der Waals surface area contributed by atoms with Crippen LogP contribution in [0.25, 0.3) is 0 Å². The van der Waals surface area contributed by atoms with Crippen molar-refractivity contribution in [2.75, 3.05) is 18.4 Å². The maximum absolute atomic E-state index is 13.5. The van der Waals surface area contributed by atoms with Gasteiger partial charge in [-0.05, 0) is 61.9 Å². The number of halogens is 1. The van der Waals surface area contributed by atoms with Crippen LogP contribution in [-0.4, -0.2) is 47.0 Å². The number of pyridine rings is 1. The summed E-state index contributed by atoms with van der Waals surface area (Å²) in [6.45, 7) is 5.34. The first kappa shape index (κ1) is 23.4. The molecule has 0 spiro atoms. The Labute approximate surface area is 198 Å². The van der Waals surface area contributed by atoms with Crippen LogP contribution in [0.4, 0.5) is 15.9 Å². The number of hydrogen-bond donors (Lipinski definition) is 2. The van der Waals surface area contributed by atoms with Crippen molar-refractivity contribution in [3.63, 3.8) is 0 Å². The molecular formula is C26H27FN4O3. The maximum atomic E-state index is 13.5. The molecule has 1 saturated heterocycles. The predicted molar refractivity (Wildman–Crippen MR) is 127 cm³/mol. The van der Waals surface area contributed by atoms with Crippen LogP contribution >= 0.6 is 0 Å². The summed E-state index contributed by atoms with van der Waals surface area (Å²) in [5, 5.41) is 5.86. The van der Waals surface area contributed by atoms with Gasteiger partial charge in [-0.3, -0.25) is 9.59 Å². The highest BCUT2D eigenvalue weighted by molar-refractivity contribution is 5.99. The molecule has 4 rings (SSSR count). The zero-order valence-electron chi connectivity index (χ0n) is 19.1. The van der Waals surface area contributed by atoms with Crippen LogP contribution in [0.1, 0.15) is 40.1 Å². The molecule has 2 aromatic carbocycles. The Bertz CT molecular complexity index is 1160. The van der Waals surface area contributed by atoms with E-state index in [4.69, 9.17) is 4.74 Å². The van der Waals surface area contributed by atoms with Crippen LogP contribution in [0.2, 0.25) is 0 Å². The minimum atomic E-state index is -0.383. The first-order chi connectivity index (χ1) is 16.4. The number of morpholine rings is 1. The molecule has 3 aromatic rings. The number of carbonyl (C=O) groups is 2. The molecule has 34 heavy (non-hydrogen) atoms. The Morgan fingerprint density at radius 3 is 2.50 bits per heavy atom. The van der Waals surface area contributed by atoms with Crippen molar-refractivity contribution < 1.29 is 18.7 Å². The highest BCUT2D eigenvalue weighted by Crippen LogP contribution is 2.19. The number of anilines is 2. The first-order valence-electron chi connectivity index (χ1n) is 11.2. The van der Waals surface area contributed by atoms with E-state index in [1.54, 1.807) is 42.6 Å². The van der Waals surface area contributed by atoms with Crippen molar-refractivity contribution in [1.29, 1.82) is 0 Å². The number of ether oxygens (including phenoxy) is 1. The van der Waals surface area contributed by atoms with E-state index in [1.807, 2.05) is 30.9 Å². The van der Waals surface area contributed by atoms with Crippen LogP contribution in [0.15, 0.2) is 66.9 Å². The Morgan fingerprint density at radius 2 is 1.79 bits per heavy atom. The largest absolute Gasteiger partial charge is 0.372 e.